The number of aromatic nitrogens is 2. The summed E-state index contributed by atoms with van der Waals surface area (Å²) in [7, 11) is 0. The van der Waals surface area contributed by atoms with Crippen molar-refractivity contribution >= 4 is 86.8 Å². The van der Waals surface area contributed by atoms with E-state index in [4.69, 9.17) is 70.2 Å². The fraction of sp³-hybridized carbons (Fsp3) is 0.0588. The molecule has 3 rings (SSSR count). The zero-order chi connectivity index (χ0) is 19.6. The van der Waals surface area contributed by atoms with Gasteiger partial charge in [0.25, 0.3) is 0 Å². The van der Waals surface area contributed by atoms with Crippen molar-refractivity contribution in [3.05, 3.63) is 73.3 Å². The molecule has 0 aliphatic rings. The molecule has 0 aliphatic carbocycles. The second-order valence-electron chi connectivity index (χ2n) is 5.45. The summed E-state index contributed by atoms with van der Waals surface area (Å²) in [5, 5.41) is 12.8. The van der Waals surface area contributed by atoms with Gasteiger partial charge in [0.05, 0.1) is 32.3 Å². The quantitative estimate of drug-likeness (QED) is 0.394. The average molecular weight is 481 g/mol. The van der Waals surface area contributed by atoms with Crippen LogP contribution < -0.4 is 10.6 Å². The van der Waals surface area contributed by atoms with Crippen LogP contribution in [0.1, 0.15) is 5.56 Å². The van der Waals surface area contributed by atoms with Crippen molar-refractivity contribution < 1.29 is 0 Å². The SMILES string of the molecule is S=C(Nc1cccc(Cl)c1Cl)Nc1nn(Cc2ccc(Cl)c(Cl)c2)cc1Cl. The molecule has 0 fully saturated rings. The minimum absolute atomic E-state index is 0.279. The Kier molecular flexibility index (Phi) is 6.74. The number of halogens is 5. The molecular formula is C17H11Cl5N4S. The van der Waals surface area contributed by atoms with Crippen LogP contribution in [0, 0.1) is 0 Å². The van der Waals surface area contributed by atoms with Gasteiger partial charge in [-0.25, -0.2) is 0 Å². The first kappa shape index (κ1) is 20.5. The van der Waals surface area contributed by atoms with Gasteiger partial charge < -0.3 is 10.6 Å². The van der Waals surface area contributed by atoms with Crippen LogP contribution in [0.25, 0.3) is 0 Å². The standard InChI is InChI=1S/C17H11Cl5N4S/c18-10-5-4-9(6-12(10)20)7-26-8-13(21)16(25-26)24-17(27)23-14-3-1-2-11(19)15(14)22/h1-6,8H,7H2,(H2,23,24,25,27). The average Bonchev–Trinajstić information content (AvgIpc) is 2.94. The third kappa shape index (κ3) is 5.19. The molecule has 3 aromatic rings. The Balaban J connectivity index is 1.69. The van der Waals surface area contributed by atoms with Gasteiger partial charge in [-0.15, -0.1) is 0 Å². The summed E-state index contributed by atoms with van der Waals surface area (Å²) in [4.78, 5) is 0. The lowest BCUT2D eigenvalue weighted by Gasteiger charge is -2.11. The summed E-state index contributed by atoms with van der Waals surface area (Å²) in [6.45, 7) is 0.471. The Labute approximate surface area is 186 Å². The van der Waals surface area contributed by atoms with Crippen LogP contribution in [0.3, 0.4) is 0 Å². The van der Waals surface area contributed by atoms with Crippen LogP contribution in [0.15, 0.2) is 42.6 Å². The van der Waals surface area contributed by atoms with E-state index < -0.39 is 0 Å². The maximum atomic E-state index is 6.24. The summed E-state index contributed by atoms with van der Waals surface area (Å²) in [6.07, 6.45) is 1.68. The highest BCUT2D eigenvalue weighted by molar-refractivity contribution is 7.80. The number of nitrogens with zero attached hydrogens (tertiary/aromatic N) is 2. The minimum Gasteiger partial charge on any atom is -0.331 e. The van der Waals surface area contributed by atoms with Crippen molar-refractivity contribution in [3.8, 4) is 0 Å². The highest BCUT2D eigenvalue weighted by Gasteiger charge is 2.11. The predicted octanol–water partition coefficient (Wildman–Crippen LogP) is 7.01. The van der Waals surface area contributed by atoms with E-state index in [-0.39, 0.29) is 5.11 Å². The van der Waals surface area contributed by atoms with E-state index in [0.717, 1.165) is 5.56 Å². The minimum atomic E-state index is 0.279. The zero-order valence-electron chi connectivity index (χ0n) is 13.4. The highest BCUT2D eigenvalue weighted by atomic mass is 35.5. The molecule has 1 aromatic heterocycles. The van der Waals surface area contributed by atoms with E-state index in [1.807, 2.05) is 6.07 Å². The summed E-state index contributed by atoms with van der Waals surface area (Å²) in [6, 6.07) is 10.6. The number of thiocarbonyl (C=S) groups is 1. The number of hydrogen-bond acceptors (Lipinski definition) is 2. The Morgan fingerprint density at radius 3 is 2.44 bits per heavy atom. The zero-order valence-corrected chi connectivity index (χ0v) is 18.0. The van der Waals surface area contributed by atoms with Gasteiger partial charge in [-0.2, -0.15) is 5.10 Å². The molecule has 0 bridgehead atoms. The lowest BCUT2D eigenvalue weighted by atomic mass is 10.2. The molecule has 0 saturated carbocycles. The molecule has 0 atom stereocenters. The monoisotopic (exact) mass is 478 g/mol. The summed E-state index contributed by atoms with van der Waals surface area (Å²) in [5.41, 5.74) is 1.51. The van der Waals surface area contributed by atoms with Crippen molar-refractivity contribution in [1.82, 2.24) is 9.78 Å². The molecule has 140 valence electrons. The third-order valence-electron chi connectivity index (χ3n) is 3.48. The molecule has 4 nitrogen and oxygen atoms in total. The molecule has 10 heteroatoms. The second kappa shape index (κ2) is 8.86. The Hall–Kier alpha value is -1.21. The molecule has 2 N–H and O–H groups in total. The summed E-state index contributed by atoms with van der Waals surface area (Å²) in [5.74, 6) is 0.410. The molecule has 27 heavy (non-hydrogen) atoms. The van der Waals surface area contributed by atoms with Crippen molar-refractivity contribution in [1.29, 1.82) is 0 Å². The topological polar surface area (TPSA) is 41.9 Å². The first-order chi connectivity index (χ1) is 12.8. The largest absolute Gasteiger partial charge is 0.331 e. The normalized spacial score (nSPS) is 10.7. The number of hydrogen-bond donors (Lipinski definition) is 2. The first-order valence-electron chi connectivity index (χ1n) is 7.52. The second-order valence-corrected chi connectivity index (χ2v) is 7.87. The van der Waals surface area contributed by atoms with Crippen LogP contribution >= 0.6 is 70.2 Å². The molecular weight excluding hydrogens is 470 g/mol. The molecule has 0 radical (unpaired) electrons. The van der Waals surface area contributed by atoms with E-state index in [2.05, 4.69) is 15.7 Å². The maximum Gasteiger partial charge on any atom is 0.176 e. The van der Waals surface area contributed by atoms with Crippen LogP contribution in [-0.4, -0.2) is 14.9 Å². The van der Waals surface area contributed by atoms with Crippen LogP contribution in [-0.2, 0) is 6.54 Å². The maximum absolute atomic E-state index is 6.24. The first-order valence-corrected chi connectivity index (χ1v) is 9.82. The fourth-order valence-electron chi connectivity index (χ4n) is 2.25. The van der Waals surface area contributed by atoms with E-state index in [1.54, 1.807) is 41.2 Å². The summed E-state index contributed by atoms with van der Waals surface area (Å²) < 4.78 is 1.67. The number of nitrogens with one attached hydrogen (secondary N) is 2. The molecule has 0 spiro atoms. The lowest BCUT2D eigenvalue weighted by molar-refractivity contribution is 0.690. The molecule has 0 unspecified atom stereocenters. The van der Waals surface area contributed by atoms with Gasteiger partial charge in [-0.05, 0) is 42.0 Å². The van der Waals surface area contributed by atoms with Gasteiger partial charge in [0, 0.05) is 6.20 Å². The molecule has 0 saturated heterocycles. The van der Waals surface area contributed by atoms with Crippen molar-refractivity contribution in [2.24, 2.45) is 0 Å². The summed E-state index contributed by atoms with van der Waals surface area (Å²) >= 11 is 35.6. The van der Waals surface area contributed by atoms with Crippen LogP contribution in [0.4, 0.5) is 11.5 Å². The molecule has 0 aliphatic heterocycles. The van der Waals surface area contributed by atoms with Crippen LogP contribution in [0.2, 0.25) is 25.1 Å². The number of benzene rings is 2. The Morgan fingerprint density at radius 1 is 0.926 bits per heavy atom. The van der Waals surface area contributed by atoms with Gasteiger partial charge in [0.1, 0.15) is 5.02 Å². The van der Waals surface area contributed by atoms with Crippen molar-refractivity contribution in [3.63, 3.8) is 0 Å². The lowest BCUT2D eigenvalue weighted by Crippen LogP contribution is -2.20. The van der Waals surface area contributed by atoms with Gasteiger partial charge in [0.15, 0.2) is 10.9 Å². The highest BCUT2D eigenvalue weighted by Crippen LogP contribution is 2.30. The van der Waals surface area contributed by atoms with Crippen molar-refractivity contribution in [2.75, 3.05) is 10.6 Å². The van der Waals surface area contributed by atoms with E-state index >= 15 is 0 Å². The van der Waals surface area contributed by atoms with Crippen LogP contribution in [0.5, 0.6) is 0 Å². The van der Waals surface area contributed by atoms with Gasteiger partial charge >= 0.3 is 0 Å². The smallest absolute Gasteiger partial charge is 0.176 e. The molecule has 0 amide bonds. The predicted molar refractivity (Wildman–Crippen MR) is 119 cm³/mol. The number of rotatable bonds is 4. The molecule has 2 aromatic carbocycles. The third-order valence-corrected chi connectivity index (χ3v) is 5.52. The van der Waals surface area contributed by atoms with Crippen molar-refractivity contribution in [2.45, 2.75) is 6.54 Å². The Morgan fingerprint density at radius 2 is 1.70 bits per heavy atom. The van der Waals surface area contributed by atoms with Gasteiger partial charge in [-0.3, -0.25) is 4.68 Å². The Bertz CT molecular complexity index is 1000. The molecule has 1 heterocycles. The van der Waals surface area contributed by atoms with E-state index in [1.165, 1.54) is 0 Å². The van der Waals surface area contributed by atoms with Gasteiger partial charge in [0.2, 0.25) is 0 Å². The van der Waals surface area contributed by atoms with Gasteiger partial charge in [-0.1, -0.05) is 70.1 Å². The van der Waals surface area contributed by atoms with E-state index in [0.29, 0.717) is 43.2 Å². The number of anilines is 2. The van der Waals surface area contributed by atoms with E-state index in [9.17, 15) is 0 Å². The fourth-order valence-corrected chi connectivity index (χ4v) is 3.32.